The van der Waals surface area contributed by atoms with Crippen LogP contribution in [0.5, 0.6) is 0 Å². The second kappa shape index (κ2) is 5.16. The molecule has 116 valence electrons. The number of halogens is 2. The summed E-state index contributed by atoms with van der Waals surface area (Å²) >= 11 is 0. The van der Waals surface area contributed by atoms with Gasteiger partial charge in [0.1, 0.15) is 11.6 Å². The standard InChI is InChI=1S/C15H8F2N2O4/c16-8-2-4-12(10(17)6-8)19-13(20)9-3-1-7(14(21)22)5-11(9)18-15(19)23/h1-6H,(H,18,23)(H,21,22). The van der Waals surface area contributed by atoms with Crippen molar-refractivity contribution in [3.8, 4) is 5.69 Å². The van der Waals surface area contributed by atoms with Crippen LogP contribution in [0, 0.1) is 11.6 Å². The summed E-state index contributed by atoms with van der Waals surface area (Å²) in [4.78, 5) is 37.7. The van der Waals surface area contributed by atoms with Crippen molar-refractivity contribution in [1.82, 2.24) is 9.55 Å². The minimum atomic E-state index is -1.22. The molecule has 2 N–H and O–H groups in total. The van der Waals surface area contributed by atoms with Gasteiger partial charge in [0, 0.05) is 6.07 Å². The van der Waals surface area contributed by atoms with Gasteiger partial charge >= 0.3 is 11.7 Å². The van der Waals surface area contributed by atoms with Gasteiger partial charge in [-0.15, -0.1) is 0 Å². The molecule has 23 heavy (non-hydrogen) atoms. The molecule has 0 bridgehead atoms. The second-order valence-electron chi connectivity index (χ2n) is 4.73. The fraction of sp³-hybridized carbons (Fsp3) is 0. The number of H-pyrrole nitrogens is 1. The van der Waals surface area contributed by atoms with Gasteiger partial charge in [-0.05, 0) is 30.3 Å². The number of aromatic carboxylic acids is 1. The monoisotopic (exact) mass is 318 g/mol. The number of carboxylic acids is 1. The van der Waals surface area contributed by atoms with Crippen molar-refractivity contribution < 1.29 is 18.7 Å². The molecule has 0 saturated carbocycles. The van der Waals surface area contributed by atoms with Gasteiger partial charge in [-0.3, -0.25) is 4.79 Å². The lowest BCUT2D eigenvalue weighted by molar-refractivity contribution is 0.0697. The third-order valence-corrected chi connectivity index (χ3v) is 3.30. The maximum atomic E-state index is 13.8. The third-order valence-electron chi connectivity index (χ3n) is 3.30. The Kier molecular flexibility index (Phi) is 3.29. The van der Waals surface area contributed by atoms with Crippen LogP contribution in [0.15, 0.2) is 46.0 Å². The summed E-state index contributed by atoms with van der Waals surface area (Å²) in [6, 6.07) is 5.98. The normalized spacial score (nSPS) is 10.9. The molecule has 0 radical (unpaired) electrons. The van der Waals surface area contributed by atoms with Gasteiger partial charge in [-0.25, -0.2) is 22.9 Å². The van der Waals surface area contributed by atoms with E-state index in [9.17, 15) is 23.2 Å². The van der Waals surface area contributed by atoms with E-state index >= 15 is 0 Å². The zero-order chi connectivity index (χ0) is 16.7. The third kappa shape index (κ3) is 2.39. The van der Waals surface area contributed by atoms with E-state index in [2.05, 4.69) is 4.98 Å². The average Bonchev–Trinajstić information content (AvgIpc) is 2.48. The minimum Gasteiger partial charge on any atom is -0.478 e. The van der Waals surface area contributed by atoms with E-state index in [1.165, 1.54) is 12.1 Å². The highest BCUT2D eigenvalue weighted by atomic mass is 19.1. The molecule has 8 heteroatoms. The molecule has 0 unspecified atom stereocenters. The summed E-state index contributed by atoms with van der Waals surface area (Å²) in [6.45, 7) is 0. The molecular formula is C15H8F2N2O4. The van der Waals surface area contributed by atoms with Gasteiger partial charge < -0.3 is 10.1 Å². The zero-order valence-corrected chi connectivity index (χ0v) is 11.3. The van der Waals surface area contributed by atoms with E-state index in [1.54, 1.807) is 0 Å². The molecule has 3 aromatic rings. The quantitative estimate of drug-likeness (QED) is 0.751. The van der Waals surface area contributed by atoms with Crippen molar-refractivity contribution in [1.29, 1.82) is 0 Å². The first-order valence-corrected chi connectivity index (χ1v) is 6.36. The van der Waals surface area contributed by atoms with Crippen LogP contribution < -0.4 is 11.2 Å². The molecule has 0 amide bonds. The Morgan fingerprint density at radius 3 is 2.48 bits per heavy atom. The number of benzene rings is 2. The first kappa shape index (κ1) is 14.6. The lowest BCUT2D eigenvalue weighted by Gasteiger charge is -2.08. The van der Waals surface area contributed by atoms with E-state index in [0.29, 0.717) is 10.6 Å². The maximum Gasteiger partial charge on any atom is 0.335 e. The Morgan fingerprint density at radius 1 is 1.09 bits per heavy atom. The van der Waals surface area contributed by atoms with Crippen LogP contribution in [0.2, 0.25) is 0 Å². The van der Waals surface area contributed by atoms with Crippen LogP contribution in [0.4, 0.5) is 8.78 Å². The molecule has 0 aliphatic rings. The average molecular weight is 318 g/mol. The van der Waals surface area contributed by atoms with Crippen LogP contribution >= 0.6 is 0 Å². The molecule has 0 atom stereocenters. The van der Waals surface area contributed by atoms with Crippen LogP contribution in [0.3, 0.4) is 0 Å². The predicted molar refractivity (Wildman–Crippen MR) is 77.0 cm³/mol. The van der Waals surface area contributed by atoms with E-state index < -0.39 is 34.5 Å². The fourth-order valence-corrected chi connectivity index (χ4v) is 2.23. The highest BCUT2D eigenvalue weighted by Crippen LogP contribution is 2.14. The minimum absolute atomic E-state index is 0.00155. The number of hydrogen-bond donors (Lipinski definition) is 2. The van der Waals surface area contributed by atoms with Crippen molar-refractivity contribution in [2.45, 2.75) is 0 Å². The van der Waals surface area contributed by atoms with E-state index in [4.69, 9.17) is 5.11 Å². The summed E-state index contributed by atoms with van der Waals surface area (Å²) in [6.07, 6.45) is 0. The number of aromatic nitrogens is 2. The number of aromatic amines is 1. The number of nitrogens with zero attached hydrogens (tertiary/aromatic N) is 1. The molecular weight excluding hydrogens is 310 g/mol. The molecule has 0 aliphatic carbocycles. The molecule has 0 aliphatic heterocycles. The van der Waals surface area contributed by atoms with Crippen LogP contribution in [0.25, 0.3) is 16.6 Å². The number of fused-ring (bicyclic) bond motifs is 1. The molecule has 0 saturated heterocycles. The Hall–Kier alpha value is -3.29. The van der Waals surface area contributed by atoms with Crippen LogP contribution in [-0.2, 0) is 0 Å². The first-order chi connectivity index (χ1) is 10.9. The summed E-state index contributed by atoms with van der Waals surface area (Å²) in [5, 5.41) is 8.92. The summed E-state index contributed by atoms with van der Waals surface area (Å²) in [5.74, 6) is -3.14. The van der Waals surface area contributed by atoms with Crippen LogP contribution in [-0.4, -0.2) is 20.6 Å². The number of rotatable bonds is 2. The van der Waals surface area contributed by atoms with Gasteiger partial charge in [0.15, 0.2) is 0 Å². The lowest BCUT2D eigenvalue weighted by atomic mass is 10.1. The van der Waals surface area contributed by atoms with Gasteiger partial charge in [0.2, 0.25) is 0 Å². The smallest absolute Gasteiger partial charge is 0.335 e. The Morgan fingerprint density at radius 2 is 1.83 bits per heavy atom. The molecule has 0 spiro atoms. The molecule has 3 rings (SSSR count). The highest BCUT2D eigenvalue weighted by molar-refractivity contribution is 5.92. The first-order valence-electron chi connectivity index (χ1n) is 6.36. The summed E-state index contributed by atoms with van der Waals surface area (Å²) in [7, 11) is 0. The molecule has 6 nitrogen and oxygen atoms in total. The number of nitrogens with one attached hydrogen (secondary N) is 1. The zero-order valence-electron chi connectivity index (χ0n) is 11.3. The van der Waals surface area contributed by atoms with Crippen molar-refractivity contribution in [3.63, 3.8) is 0 Å². The predicted octanol–water partition coefficient (Wildman–Crippen LogP) is 1.66. The van der Waals surface area contributed by atoms with Crippen molar-refractivity contribution >= 4 is 16.9 Å². The summed E-state index contributed by atoms with van der Waals surface area (Å²) < 4.78 is 27.3. The Labute approximate surface area is 126 Å². The second-order valence-corrected chi connectivity index (χ2v) is 4.73. The Bertz CT molecular complexity index is 1070. The van der Waals surface area contributed by atoms with E-state index in [0.717, 1.165) is 18.2 Å². The number of carboxylic acid groups (broad SMARTS) is 1. The molecule has 1 heterocycles. The molecule has 2 aromatic carbocycles. The summed E-state index contributed by atoms with van der Waals surface area (Å²) in [5.41, 5.74) is -2.31. The number of hydrogen-bond acceptors (Lipinski definition) is 3. The molecule has 1 aromatic heterocycles. The van der Waals surface area contributed by atoms with Crippen molar-refractivity contribution in [3.05, 3.63) is 74.4 Å². The largest absolute Gasteiger partial charge is 0.478 e. The molecule has 0 fully saturated rings. The van der Waals surface area contributed by atoms with Gasteiger partial charge in [0.05, 0.1) is 22.2 Å². The SMILES string of the molecule is O=C(O)c1ccc2c(=O)n(-c3ccc(F)cc3F)c(=O)[nH]c2c1. The van der Waals surface area contributed by atoms with Crippen molar-refractivity contribution in [2.24, 2.45) is 0 Å². The van der Waals surface area contributed by atoms with Gasteiger partial charge in [-0.1, -0.05) is 0 Å². The van der Waals surface area contributed by atoms with E-state index in [-0.39, 0.29) is 16.5 Å². The maximum absolute atomic E-state index is 13.8. The van der Waals surface area contributed by atoms with Gasteiger partial charge in [-0.2, -0.15) is 0 Å². The lowest BCUT2D eigenvalue weighted by Crippen LogP contribution is -2.34. The highest BCUT2D eigenvalue weighted by Gasteiger charge is 2.15. The van der Waals surface area contributed by atoms with E-state index in [1.807, 2.05) is 0 Å². The van der Waals surface area contributed by atoms with Gasteiger partial charge in [0.25, 0.3) is 5.56 Å². The topological polar surface area (TPSA) is 92.2 Å². The van der Waals surface area contributed by atoms with Crippen molar-refractivity contribution in [2.75, 3.05) is 0 Å². The van der Waals surface area contributed by atoms with Crippen LogP contribution in [0.1, 0.15) is 10.4 Å². The Balaban J connectivity index is 2.35. The number of carbonyl (C=O) groups is 1. The fourth-order valence-electron chi connectivity index (χ4n) is 2.23.